The average Bonchev–Trinajstić information content (AvgIpc) is 2.90. The lowest BCUT2D eigenvalue weighted by Gasteiger charge is -2.16. The lowest BCUT2D eigenvalue weighted by atomic mass is 10.1. The minimum Gasteiger partial charge on any atom is -0.391 e. The Morgan fingerprint density at radius 1 is 1.57 bits per heavy atom. The molecule has 2 N–H and O–H groups in total. The first-order valence-electron chi connectivity index (χ1n) is 7.02. The van der Waals surface area contributed by atoms with Gasteiger partial charge < -0.3 is 15.3 Å². The van der Waals surface area contributed by atoms with Crippen LogP contribution in [0, 0.1) is 10.1 Å². The molecule has 1 fully saturated rings. The summed E-state index contributed by atoms with van der Waals surface area (Å²) in [5.74, 6) is -0.281. The van der Waals surface area contributed by atoms with Gasteiger partial charge in [0.25, 0.3) is 11.6 Å². The van der Waals surface area contributed by atoms with E-state index in [1.165, 1.54) is 11.0 Å². The topological polar surface area (TPSA) is 95.7 Å². The molecule has 0 aromatic heterocycles. The Kier molecular flexibility index (Phi) is 4.74. The molecule has 1 amide bonds. The smallest absolute Gasteiger partial charge is 0.293 e. The van der Waals surface area contributed by atoms with Crippen molar-refractivity contribution in [1.29, 1.82) is 0 Å². The van der Waals surface area contributed by atoms with Crippen LogP contribution in [-0.2, 0) is 0 Å². The summed E-state index contributed by atoms with van der Waals surface area (Å²) >= 11 is 0. The molecule has 7 heteroatoms. The summed E-state index contributed by atoms with van der Waals surface area (Å²) in [5, 5.41) is 23.6. The number of nitro groups is 1. The molecule has 0 bridgehead atoms. The SMILES string of the molecule is CCCNc1ccc(C(=O)N2CCC(O)C2)cc1[N+](=O)[O-]. The molecule has 0 saturated carbocycles. The summed E-state index contributed by atoms with van der Waals surface area (Å²) in [7, 11) is 0. The third-order valence-electron chi connectivity index (χ3n) is 3.46. The van der Waals surface area contributed by atoms with Crippen LogP contribution in [0.1, 0.15) is 30.1 Å². The molecular formula is C14H19N3O4. The van der Waals surface area contributed by atoms with Gasteiger partial charge in [0.1, 0.15) is 5.69 Å². The van der Waals surface area contributed by atoms with Gasteiger partial charge in [-0.15, -0.1) is 0 Å². The zero-order valence-corrected chi connectivity index (χ0v) is 11.9. The van der Waals surface area contributed by atoms with Crippen LogP contribution in [0.3, 0.4) is 0 Å². The predicted octanol–water partition coefficient (Wildman–Crippen LogP) is 1.62. The first-order chi connectivity index (χ1) is 10.0. The lowest BCUT2D eigenvalue weighted by Crippen LogP contribution is -2.29. The van der Waals surface area contributed by atoms with Crippen LogP contribution >= 0.6 is 0 Å². The standard InChI is InChI=1S/C14H19N3O4/c1-2-6-15-12-4-3-10(8-13(12)17(20)21)14(19)16-7-5-11(18)9-16/h3-4,8,11,15,18H,2,5-7,9H2,1H3. The fourth-order valence-electron chi connectivity index (χ4n) is 2.33. The quantitative estimate of drug-likeness (QED) is 0.635. The first kappa shape index (κ1) is 15.2. The molecule has 7 nitrogen and oxygen atoms in total. The molecular weight excluding hydrogens is 274 g/mol. The Labute approximate surface area is 122 Å². The van der Waals surface area contributed by atoms with Gasteiger partial charge in [0.2, 0.25) is 0 Å². The zero-order valence-electron chi connectivity index (χ0n) is 11.9. The summed E-state index contributed by atoms with van der Waals surface area (Å²) in [4.78, 5) is 24.4. The molecule has 1 aromatic rings. The van der Waals surface area contributed by atoms with Crippen molar-refractivity contribution in [2.24, 2.45) is 0 Å². The second kappa shape index (κ2) is 6.53. The van der Waals surface area contributed by atoms with Gasteiger partial charge in [0.05, 0.1) is 11.0 Å². The van der Waals surface area contributed by atoms with E-state index in [9.17, 15) is 20.0 Å². The van der Waals surface area contributed by atoms with Crippen LogP contribution in [0.5, 0.6) is 0 Å². The van der Waals surface area contributed by atoms with Gasteiger partial charge >= 0.3 is 0 Å². The van der Waals surface area contributed by atoms with E-state index in [1.807, 2.05) is 6.92 Å². The molecule has 2 rings (SSSR count). The number of carbonyl (C=O) groups excluding carboxylic acids is 1. The Hall–Kier alpha value is -2.15. The highest BCUT2D eigenvalue weighted by Crippen LogP contribution is 2.26. The van der Waals surface area contributed by atoms with Crippen molar-refractivity contribution in [3.05, 3.63) is 33.9 Å². The van der Waals surface area contributed by atoms with E-state index in [-0.39, 0.29) is 23.7 Å². The third kappa shape index (κ3) is 3.49. The molecule has 114 valence electrons. The highest BCUT2D eigenvalue weighted by molar-refractivity contribution is 5.96. The van der Waals surface area contributed by atoms with Crippen molar-refractivity contribution in [2.75, 3.05) is 25.0 Å². The predicted molar refractivity (Wildman–Crippen MR) is 78.4 cm³/mol. The van der Waals surface area contributed by atoms with Crippen LogP contribution in [0.4, 0.5) is 11.4 Å². The second-order valence-corrected chi connectivity index (χ2v) is 5.11. The van der Waals surface area contributed by atoms with E-state index in [4.69, 9.17) is 0 Å². The zero-order chi connectivity index (χ0) is 15.4. The second-order valence-electron chi connectivity index (χ2n) is 5.11. The lowest BCUT2D eigenvalue weighted by molar-refractivity contribution is -0.384. The molecule has 1 aliphatic rings. The van der Waals surface area contributed by atoms with E-state index < -0.39 is 11.0 Å². The number of β-amino-alcohol motifs (C(OH)–C–C–N with tert-alkyl or cyclic N) is 1. The number of hydrogen-bond acceptors (Lipinski definition) is 5. The number of benzene rings is 1. The van der Waals surface area contributed by atoms with Crippen molar-refractivity contribution < 1.29 is 14.8 Å². The number of aliphatic hydroxyl groups is 1. The van der Waals surface area contributed by atoms with Gasteiger partial charge in [-0.3, -0.25) is 14.9 Å². The monoisotopic (exact) mass is 293 g/mol. The number of nitrogens with one attached hydrogen (secondary N) is 1. The number of nitro benzene ring substituents is 1. The number of hydrogen-bond donors (Lipinski definition) is 2. The van der Waals surface area contributed by atoms with E-state index in [0.29, 0.717) is 25.2 Å². The highest BCUT2D eigenvalue weighted by Gasteiger charge is 2.27. The van der Waals surface area contributed by atoms with Crippen molar-refractivity contribution in [3.63, 3.8) is 0 Å². The molecule has 1 unspecified atom stereocenters. The number of rotatable bonds is 5. The molecule has 1 aromatic carbocycles. The minimum atomic E-state index is -0.505. The maximum atomic E-state index is 12.3. The molecule has 0 aliphatic carbocycles. The minimum absolute atomic E-state index is 0.103. The summed E-state index contributed by atoms with van der Waals surface area (Å²) < 4.78 is 0. The Bertz CT molecular complexity index is 547. The summed E-state index contributed by atoms with van der Waals surface area (Å²) in [5.41, 5.74) is 0.590. The summed E-state index contributed by atoms with van der Waals surface area (Å²) in [6.07, 6.45) is 0.891. The molecule has 1 heterocycles. The number of likely N-dealkylation sites (tertiary alicyclic amines) is 1. The van der Waals surface area contributed by atoms with E-state index in [0.717, 1.165) is 6.42 Å². The Balaban J connectivity index is 2.22. The largest absolute Gasteiger partial charge is 0.391 e. The van der Waals surface area contributed by atoms with E-state index in [2.05, 4.69) is 5.32 Å². The highest BCUT2D eigenvalue weighted by atomic mass is 16.6. The summed E-state index contributed by atoms with van der Waals surface area (Å²) in [6, 6.07) is 4.44. The van der Waals surface area contributed by atoms with Crippen LogP contribution in [-0.4, -0.2) is 46.6 Å². The number of nitrogens with zero attached hydrogens (tertiary/aromatic N) is 2. The van der Waals surface area contributed by atoms with Crippen molar-refractivity contribution in [3.8, 4) is 0 Å². The molecule has 0 radical (unpaired) electrons. The van der Waals surface area contributed by atoms with Crippen molar-refractivity contribution in [2.45, 2.75) is 25.9 Å². The Morgan fingerprint density at radius 2 is 2.33 bits per heavy atom. The van der Waals surface area contributed by atoms with Gasteiger partial charge in [-0.05, 0) is 25.0 Å². The van der Waals surface area contributed by atoms with Crippen LogP contribution in [0.15, 0.2) is 18.2 Å². The molecule has 21 heavy (non-hydrogen) atoms. The maximum absolute atomic E-state index is 12.3. The van der Waals surface area contributed by atoms with Crippen LogP contribution in [0.25, 0.3) is 0 Å². The van der Waals surface area contributed by atoms with Gasteiger partial charge in [-0.2, -0.15) is 0 Å². The van der Waals surface area contributed by atoms with E-state index >= 15 is 0 Å². The fourth-order valence-corrected chi connectivity index (χ4v) is 2.33. The van der Waals surface area contributed by atoms with Gasteiger partial charge in [0.15, 0.2) is 0 Å². The molecule has 1 aliphatic heterocycles. The van der Waals surface area contributed by atoms with Gasteiger partial charge in [-0.25, -0.2) is 0 Å². The van der Waals surface area contributed by atoms with Crippen molar-refractivity contribution in [1.82, 2.24) is 4.90 Å². The molecule has 0 spiro atoms. The summed E-state index contributed by atoms with van der Waals surface area (Å²) in [6.45, 7) is 3.36. The third-order valence-corrected chi connectivity index (χ3v) is 3.46. The number of amides is 1. The number of anilines is 1. The van der Waals surface area contributed by atoms with Gasteiger partial charge in [0, 0.05) is 31.3 Å². The van der Waals surface area contributed by atoms with Crippen LogP contribution < -0.4 is 5.32 Å². The molecule has 1 atom stereocenters. The maximum Gasteiger partial charge on any atom is 0.293 e. The van der Waals surface area contributed by atoms with Gasteiger partial charge in [-0.1, -0.05) is 6.92 Å². The normalized spacial score (nSPS) is 17.8. The van der Waals surface area contributed by atoms with E-state index in [1.54, 1.807) is 12.1 Å². The first-order valence-corrected chi connectivity index (χ1v) is 7.02. The van der Waals surface area contributed by atoms with Crippen molar-refractivity contribution >= 4 is 17.3 Å². The Morgan fingerprint density at radius 3 is 2.90 bits per heavy atom. The number of carbonyl (C=O) groups is 1. The molecule has 1 saturated heterocycles. The average molecular weight is 293 g/mol. The number of aliphatic hydroxyl groups excluding tert-OH is 1. The van der Waals surface area contributed by atoms with Crippen LogP contribution in [0.2, 0.25) is 0 Å². The fraction of sp³-hybridized carbons (Fsp3) is 0.500.